The van der Waals surface area contributed by atoms with Gasteiger partial charge in [0.05, 0.1) is 6.54 Å². The average Bonchev–Trinajstić information content (AvgIpc) is 2.93. The number of carbonyl (C=O) groups is 1. The van der Waals surface area contributed by atoms with E-state index in [1.54, 1.807) is 0 Å². The lowest BCUT2D eigenvalue weighted by Crippen LogP contribution is -2.56. The predicted molar refractivity (Wildman–Crippen MR) is 86.6 cm³/mol. The van der Waals surface area contributed by atoms with Gasteiger partial charge < -0.3 is 9.47 Å². The Morgan fingerprint density at radius 2 is 2.05 bits per heavy atom. The van der Waals surface area contributed by atoms with Crippen molar-refractivity contribution in [1.29, 1.82) is 0 Å². The van der Waals surface area contributed by atoms with Crippen molar-refractivity contribution in [2.75, 3.05) is 19.6 Å². The molecule has 1 atom stereocenters. The van der Waals surface area contributed by atoms with Crippen LogP contribution >= 0.6 is 0 Å². The minimum absolute atomic E-state index is 0.326. The number of aromatic nitrogens is 2. The van der Waals surface area contributed by atoms with E-state index in [9.17, 15) is 4.79 Å². The second kappa shape index (κ2) is 6.82. The molecule has 5 heteroatoms. The van der Waals surface area contributed by atoms with E-state index in [0.717, 1.165) is 25.5 Å². The van der Waals surface area contributed by atoms with Gasteiger partial charge in [-0.2, -0.15) is 0 Å². The zero-order valence-corrected chi connectivity index (χ0v) is 13.9. The molecule has 0 radical (unpaired) electrons. The fourth-order valence-electron chi connectivity index (χ4n) is 3.86. The Morgan fingerprint density at radius 1 is 1.27 bits per heavy atom. The summed E-state index contributed by atoms with van der Waals surface area (Å²) < 4.78 is 2.17. The number of piperazine rings is 1. The minimum Gasteiger partial charge on any atom is -0.337 e. The van der Waals surface area contributed by atoms with E-state index < -0.39 is 0 Å². The molecule has 0 N–H and O–H groups in total. The lowest BCUT2D eigenvalue weighted by Gasteiger charge is -2.42. The van der Waals surface area contributed by atoms with Gasteiger partial charge in [-0.05, 0) is 26.7 Å². The topological polar surface area (TPSA) is 41.4 Å². The van der Waals surface area contributed by atoms with Crippen LogP contribution in [-0.2, 0) is 11.3 Å². The summed E-state index contributed by atoms with van der Waals surface area (Å²) in [6, 6.07) is 0.875. The third kappa shape index (κ3) is 3.35. The fraction of sp³-hybridized carbons (Fsp3) is 0.765. The smallest absolute Gasteiger partial charge is 0.237 e. The van der Waals surface area contributed by atoms with Gasteiger partial charge in [0.15, 0.2) is 0 Å². The van der Waals surface area contributed by atoms with Gasteiger partial charge in [-0.25, -0.2) is 4.98 Å². The molecule has 0 aromatic carbocycles. The first-order valence-electron chi connectivity index (χ1n) is 8.66. The van der Waals surface area contributed by atoms with Crippen LogP contribution in [0, 0.1) is 6.92 Å². The monoisotopic (exact) mass is 304 g/mol. The van der Waals surface area contributed by atoms with Crippen molar-refractivity contribution < 1.29 is 4.79 Å². The van der Waals surface area contributed by atoms with Gasteiger partial charge in [-0.3, -0.25) is 9.69 Å². The van der Waals surface area contributed by atoms with E-state index in [1.165, 1.54) is 32.1 Å². The molecule has 22 heavy (non-hydrogen) atoms. The van der Waals surface area contributed by atoms with Gasteiger partial charge in [-0.15, -0.1) is 0 Å². The number of carbonyl (C=O) groups excluding carboxylic acids is 1. The summed E-state index contributed by atoms with van der Waals surface area (Å²) in [5.41, 5.74) is 0. The molecule has 1 amide bonds. The highest BCUT2D eigenvalue weighted by Crippen LogP contribution is 2.24. The molecule has 2 fully saturated rings. The largest absolute Gasteiger partial charge is 0.337 e. The standard InChI is InChI=1S/C17H28N4O/c1-14(12-20-9-8-18-15(20)2)19-10-11-21(17(22)13-19)16-6-4-3-5-7-16/h8-9,14,16H,3-7,10-13H2,1-2H3. The van der Waals surface area contributed by atoms with E-state index in [1.807, 2.05) is 19.3 Å². The molecule has 5 nitrogen and oxygen atoms in total. The number of rotatable bonds is 4. The van der Waals surface area contributed by atoms with E-state index in [2.05, 4.69) is 26.3 Å². The molecule has 1 saturated carbocycles. The second-order valence-corrected chi connectivity index (χ2v) is 6.83. The number of imidazole rings is 1. The summed E-state index contributed by atoms with van der Waals surface area (Å²) in [4.78, 5) is 21.3. The molecule has 1 unspecified atom stereocenters. The van der Waals surface area contributed by atoms with Gasteiger partial charge in [0, 0.05) is 44.1 Å². The van der Waals surface area contributed by atoms with Crippen molar-refractivity contribution in [1.82, 2.24) is 19.4 Å². The van der Waals surface area contributed by atoms with Crippen molar-refractivity contribution in [2.45, 2.75) is 64.6 Å². The van der Waals surface area contributed by atoms with Crippen LogP contribution in [0.25, 0.3) is 0 Å². The Labute approximate surface area is 133 Å². The summed E-state index contributed by atoms with van der Waals surface area (Å²) in [6.45, 7) is 7.61. The highest BCUT2D eigenvalue weighted by Gasteiger charge is 2.32. The van der Waals surface area contributed by atoms with E-state index in [0.29, 0.717) is 24.5 Å². The highest BCUT2D eigenvalue weighted by molar-refractivity contribution is 5.79. The number of hydrogen-bond donors (Lipinski definition) is 0. The molecular formula is C17H28N4O. The van der Waals surface area contributed by atoms with Crippen molar-refractivity contribution >= 4 is 5.91 Å². The maximum Gasteiger partial charge on any atom is 0.237 e. The van der Waals surface area contributed by atoms with Crippen LogP contribution in [0.1, 0.15) is 44.9 Å². The average molecular weight is 304 g/mol. The summed E-state index contributed by atoms with van der Waals surface area (Å²) >= 11 is 0. The van der Waals surface area contributed by atoms with Crippen molar-refractivity contribution in [3.63, 3.8) is 0 Å². The van der Waals surface area contributed by atoms with Gasteiger partial charge in [0.2, 0.25) is 5.91 Å². The third-order valence-electron chi connectivity index (χ3n) is 5.31. The SMILES string of the molecule is Cc1nccn1CC(C)N1CCN(C2CCCCC2)C(=O)C1. The van der Waals surface area contributed by atoms with Crippen LogP contribution in [0.2, 0.25) is 0 Å². The fourth-order valence-corrected chi connectivity index (χ4v) is 3.86. The Morgan fingerprint density at radius 3 is 2.68 bits per heavy atom. The zero-order valence-electron chi connectivity index (χ0n) is 13.9. The second-order valence-electron chi connectivity index (χ2n) is 6.83. The van der Waals surface area contributed by atoms with E-state index >= 15 is 0 Å². The molecular weight excluding hydrogens is 276 g/mol. The molecule has 0 bridgehead atoms. The lowest BCUT2D eigenvalue weighted by atomic mass is 9.93. The summed E-state index contributed by atoms with van der Waals surface area (Å²) in [6.07, 6.45) is 10.2. The summed E-state index contributed by atoms with van der Waals surface area (Å²) in [7, 11) is 0. The van der Waals surface area contributed by atoms with Crippen LogP contribution in [0.5, 0.6) is 0 Å². The third-order valence-corrected chi connectivity index (χ3v) is 5.31. The van der Waals surface area contributed by atoms with Crippen LogP contribution in [0.4, 0.5) is 0 Å². The van der Waals surface area contributed by atoms with Crippen molar-refractivity contribution in [3.05, 3.63) is 18.2 Å². The predicted octanol–water partition coefficient (Wildman–Crippen LogP) is 2.06. The molecule has 122 valence electrons. The molecule has 1 aromatic rings. The lowest BCUT2D eigenvalue weighted by molar-refractivity contribution is -0.140. The maximum atomic E-state index is 12.5. The first kappa shape index (κ1) is 15.5. The van der Waals surface area contributed by atoms with Crippen molar-refractivity contribution in [3.8, 4) is 0 Å². The normalized spacial score (nSPS) is 23.0. The number of nitrogens with zero attached hydrogens (tertiary/aromatic N) is 4. The Balaban J connectivity index is 1.55. The molecule has 2 aliphatic rings. The van der Waals surface area contributed by atoms with Gasteiger partial charge in [0.25, 0.3) is 0 Å². The van der Waals surface area contributed by atoms with Crippen molar-refractivity contribution in [2.24, 2.45) is 0 Å². The number of amides is 1. The molecule has 2 heterocycles. The van der Waals surface area contributed by atoms with Crippen LogP contribution in [0.15, 0.2) is 12.4 Å². The van der Waals surface area contributed by atoms with Gasteiger partial charge in [0.1, 0.15) is 5.82 Å². The minimum atomic E-state index is 0.326. The van der Waals surface area contributed by atoms with E-state index in [4.69, 9.17) is 0 Å². The zero-order chi connectivity index (χ0) is 15.5. The first-order chi connectivity index (χ1) is 10.6. The van der Waals surface area contributed by atoms with E-state index in [-0.39, 0.29) is 0 Å². The molecule has 1 saturated heterocycles. The quantitative estimate of drug-likeness (QED) is 0.855. The summed E-state index contributed by atoms with van der Waals surface area (Å²) in [5.74, 6) is 1.37. The van der Waals surface area contributed by atoms with Gasteiger partial charge >= 0.3 is 0 Å². The molecule has 0 spiro atoms. The number of hydrogen-bond acceptors (Lipinski definition) is 3. The first-order valence-corrected chi connectivity index (χ1v) is 8.66. The van der Waals surface area contributed by atoms with Crippen LogP contribution in [0.3, 0.4) is 0 Å². The molecule has 3 rings (SSSR count). The summed E-state index contributed by atoms with van der Waals surface area (Å²) in [5, 5.41) is 0. The highest BCUT2D eigenvalue weighted by atomic mass is 16.2. The van der Waals surface area contributed by atoms with Crippen LogP contribution in [-0.4, -0.2) is 57.0 Å². The Hall–Kier alpha value is -1.36. The maximum absolute atomic E-state index is 12.5. The Kier molecular flexibility index (Phi) is 4.81. The molecule has 1 aliphatic carbocycles. The number of aryl methyl sites for hydroxylation is 1. The Bertz CT molecular complexity index is 507. The van der Waals surface area contributed by atoms with Gasteiger partial charge in [-0.1, -0.05) is 19.3 Å². The van der Waals surface area contributed by atoms with Crippen LogP contribution < -0.4 is 0 Å². The molecule has 1 aromatic heterocycles. The molecule has 1 aliphatic heterocycles.